The molecule has 2 N–H and O–H groups in total. The summed E-state index contributed by atoms with van der Waals surface area (Å²) >= 11 is 11.8. The van der Waals surface area contributed by atoms with Crippen LogP contribution in [0.3, 0.4) is 0 Å². The van der Waals surface area contributed by atoms with Crippen LogP contribution in [0, 0.1) is 0 Å². The van der Waals surface area contributed by atoms with Gasteiger partial charge in [0.2, 0.25) is 0 Å². The summed E-state index contributed by atoms with van der Waals surface area (Å²) in [6.07, 6.45) is -0.801. The van der Waals surface area contributed by atoms with E-state index in [9.17, 15) is 10.2 Å². The Labute approximate surface area is 128 Å². The maximum atomic E-state index is 9.70. The number of aliphatic hydroxyl groups excluding tert-OH is 2. The number of rotatable bonds is 9. The summed E-state index contributed by atoms with van der Waals surface area (Å²) in [4.78, 5) is 0. The molecule has 1 aromatic rings. The van der Waals surface area contributed by atoms with E-state index in [1.165, 1.54) is 6.07 Å². The molecule has 0 fully saturated rings. The molecule has 1 atom stereocenters. The lowest BCUT2D eigenvalue weighted by Crippen LogP contribution is -2.24. The van der Waals surface area contributed by atoms with Gasteiger partial charge in [0, 0.05) is 17.7 Å². The van der Waals surface area contributed by atoms with E-state index in [4.69, 9.17) is 37.4 Å². The van der Waals surface area contributed by atoms with Gasteiger partial charge in [0.25, 0.3) is 0 Å². The molecular weight excluding hydrogens is 307 g/mol. The maximum absolute atomic E-state index is 9.70. The van der Waals surface area contributed by atoms with E-state index in [-0.39, 0.29) is 24.8 Å². The highest BCUT2D eigenvalue weighted by molar-refractivity contribution is 6.35. The van der Waals surface area contributed by atoms with E-state index < -0.39 is 6.10 Å². The van der Waals surface area contributed by atoms with E-state index >= 15 is 0 Å². The standard InChI is InChI=1S/C13H18Cl2O5/c1-18-2-3-19-7-11(17)8-20-13-9(6-16)4-10(14)5-12(13)15/h4-5,11,16-17H,2-3,6-8H2,1H3. The summed E-state index contributed by atoms with van der Waals surface area (Å²) in [5, 5.41) is 19.6. The van der Waals surface area contributed by atoms with Crippen LogP contribution >= 0.6 is 23.2 Å². The molecule has 114 valence electrons. The topological polar surface area (TPSA) is 68.2 Å². The third kappa shape index (κ3) is 5.83. The zero-order valence-corrected chi connectivity index (χ0v) is 12.7. The Hall–Kier alpha value is -0.560. The SMILES string of the molecule is COCCOCC(O)COc1c(Cl)cc(Cl)cc1CO. The summed E-state index contributed by atoms with van der Waals surface area (Å²) < 4.78 is 15.4. The van der Waals surface area contributed by atoms with E-state index in [1.54, 1.807) is 13.2 Å². The van der Waals surface area contributed by atoms with Gasteiger partial charge >= 0.3 is 0 Å². The summed E-state index contributed by atoms with van der Waals surface area (Å²) in [5.74, 6) is 0.314. The molecule has 0 bridgehead atoms. The molecule has 0 aliphatic carbocycles. The minimum absolute atomic E-state index is 0.00132. The molecule has 0 heterocycles. The zero-order valence-electron chi connectivity index (χ0n) is 11.1. The van der Waals surface area contributed by atoms with E-state index in [0.717, 1.165) is 0 Å². The predicted molar refractivity (Wildman–Crippen MR) is 76.6 cm³/mol. The van der Waals surface area contributed by atoms with Crippen molar-refractivity contribution in [3.8, 4) is 5.75 Å². The quantitative estimate of drug-likeness (QED) is 0.679. The van der Waals surface area contributed by atoms with Gasteiger partial charge in [-0.1, -0.05) is 23.2 Å². The second-order valence-electron chi connectivity index (χ2n) is 4.07. The van der Waals surface area contributed by atoms with Gasteiger partial charge < -0.3 is 24.4 Å². The van der Waals surface area contributed by atoms with Crippen LogP contribution in [0.1, 0.15) is 5.56 Å². The van der Waals surface area contributed by atoms with E-state index in [0.29, 0.717) is 29.5 Å². The van der Waals surface area contributed by atoms with E-state index in [2.05, 4.69) is 0 Å². The molecule has 0 aromatic heterocycles. The monoisotopic (exact) mass is 324 g/mol. The lowest BCUT2D eigenvalue weighted by Gasteiger charge is -2.16. The van der Waals surface area contributed by atoms with Crippen molar-refractivity contribution in [1.82, 2.24) is 0 Å². The third-order valence-electron chi connectivity index (χ3n) is 2.42. The highest BCUT2D eigenvalue weighted by Gasteiger charge is 2.13. The lowest BCUT2D eigenvalue weighted by molar-refractivity contribution is -0.00443. The Morgan fingerprint density at radius 2 is 1.95 bits per heavy atom. The summed E-state index contributed by atoms with van der Waals surface area (Å²) in [7, 11) is 1.57. The van der Waals surface area contributed by atoms with Crippen molar-refractivity contribution in [2.75, 3.05) is 33.5 Å². The van der Waals surface area contributed by atoms with Crippen LogP contribution in [-0.2, 0) is 16.1 Å². The molecule has 5 nitrogen and oxygen atoms in total. The van der Waals surface area contributed by atoms with Crippen LogP contribution in [0.2, 0.25) is 10.0 Å². The maximum Gasteiger partial charge on any atom is 0.143 e. The van der Waals surface area contributed by atoms with Gasteiger partial charge in [0.05, 0.1) is 31.5 Å². The molecule has 0 spiro atoms. The molecule has 0 amide bonds. The fraction of sp³-hybridized carbons (Fsp3) is 0.538. The van der Waals surface area contributed by atoms with Crippen LogP contribution in [0.25, 0.3) is 0 Å². The molecule has 0 radical (unpaired) electrons. The summed E-state index contributed by atoms with van der Waals surface area (Å²) in [5.41, 5.74) is 0.468. The van der Waals surface area contributed by atoms with Crippen molar-refractivity contribution in [2.45, 2.75) is 12.7 Å². The Morgan fingerprint density at radius 1 is 1.20 bits per heavy atom. The number of methoxy groups -OCH3 is 1. The smallest absolute Gasteiger partial charge is 0.143 e. The van der Waals surface area contributed by atoms with Crippen LogP contribution in [0.5, 0.6) is 5.75 Å². The normalized spacial score (nSPS) is 12.4. The predicted octanol–water partition coefficient (Wildman–Crippen LogP) is 1.89. The Bertz CT molecular complexity index is 414. The molecule has 20 heavy (non-hydrogen) atoms. The number of hydrogen-bond acceptors (Lipinski definition) is 5. The number of halogens is 2. The average Bonchev–Trinajstić information content (AvgIpc) is 2.41. The molecule has 0 saturated heterocycles. The molecule has 1 aromatic carbocycles. The van der Waals surface area contributed by atoms with Gasteiger partial charge in [-0.05, 0) is 12.1 Å². The fourth-order valence-corrected chi connectivity index (χ4v) is 2.07. The Kier molecular flexibility index (Phi) is 8.21. The minimum atomic E-state index is -0.801. The molecule has 1 rings (SSSR count). The first kappa shape index (κ1) is 17.5. The van der Waals surface area contributed by atoms with Gasteiger partial charge in [-0.15, -0.1) is 0 Å². The summed E-state index contributed by atoms with van der Waals surface area (Å²) in [6, 6.07) is 3.07. The number of hydrogen-bond donors (Lipinski definition) is 2. The van der Waals surface area contributed by atoms with Crippen molar-refractivity contribution < 1.29 is 24.4 Å². The molecular formula is C13H18Cl2O5. The molecule has 1 unspecified atom stereocenters. The summed E-state index contributed by atoms with van der Waals surface area (Å²) in [6.45, 7) is 0.739. The van der Waals surface area contributed by atoms with Gasteiger partial charge in [-0.2, -0.15) is 0 Å². The highest BCUT2D eigenvalue weighted by atomic mass is 35.5. The molecule has 0 aliphatic rings. The second kappa shape index (κ2) is 9.39. The first-order valence-corrected chi connectivity index (χ1v) is 6.80. The minimum Gasteiger partial charge on any atom is -0.489 e. The van der Waals surface area contributed by atoms with Crippen molar-refractivity contribution in [1.29, 1.82) is 0 Å². The fourth-order valence-electron chi connectivity index (χ4n) is 1.48. The first-order valence-electron chi connectivity index (χ1n) is 6.04. The number of benzene rings is 1. The lowest BCUT2D eigenvalue weighted by atomic mass is 10.2. The van der Waals surface area contributed by atoms with Gasteiger partial charge in [0.1, 0.15) is 18.5 Å². The Balaban J connectivity index is 2.48. The number of aliphatic hydroxyl groups is 2. The van der Waals surface area contributed by atoms with Gasteiger partial charge in [-0.25, -0.2) is 0 Å². The highest BCUT2D eigenvalue weighted by Crippen LogP contribution is 2.32. The van der Waals surface area contributed by atoms with Crippen LogP contribution in [-0.4, -0.2) is 49.9 Å². The zero-order chi connectivity index (χ0) is 15.0. The van der Waals surface area contributed by atoms with Crippen molar-refractivity contribution in [2.24, 2.45) is 0 Å². The number of ether oxygens (including phenoxy) is 3. The van der Waals surface area contributed by atoms with Crippen LogP contribution < -0.4 is 4.74 Å². The molecule has 7 heteroatoms. The molecule has 0 saturated carbocycles. The van der Waals surface area contributed by atoms with Crippen molar-refractivity contribution in [3.63, 3.8) is 0 Å². The van der Waals surface area contributed by atoms with Crippen molar-refractivity contribution >= 4 is 23.2 Å². The largest absolute Gasteiger partial charge is 0.489 e. The molecule has 0 aliphatic heterocycles. The van der Waals surface area contributed by atoms with Crippen molar-refractivity contribution in [3.05, 3.63) is 27.7 Å². The van der Waals surface area contributed by atoms with Gasteiger partial charge in [0.15, 0.2) is 0 Å². The van der Waals surface area contributed by atoms with Crippen LogP contribution in [0.4, 0.5) is 0 Å². The third-order valence-corrected chi connectivity index (χ3v) is 2.92. The average molecular weight is 325 g/mol. The Morgan fingerprint density at radius 3 is 2.60 bits per heavy atom. The second-order valence-corrected chi connectivity index (χ2v) is 4.91. The van der Waals surface area contributed by atoms with Crippen LogP contribution in [0.15, 0.2) is 12.1 Å². The first-order chi connectivity index (χ1) is 9.58. The van der Waals surface area contributed by atoms with E-state index in [1.807, 2.05) is 0 Å². The van der Waals surface area contributed by atoms with Gasteiger partial charge in [-0.3, -0.25) is 0 Å².